The summed E-state index contributed by atoms with van der Waals surface area (Å²) in [4.78, 5) is 0. The Morgan fingerprint density at radius 1 is 0.333 bits per heavy atom. The van der Waals surface area contributed by atoms with Crippen molar-refractivity contribution in [3.63, 3.8) is 0 Å². The molecule has 9 aromatic carbocycles. The average molecular weight is 678 g/mol. The van der Waals surface area contributed by atoms with Gasteiger partial charge >= 0.3 is 0 Å². The van der Waals surface area contributed by atoms with Gasteiger partial charge in [-0.2, -0.15) is 0 Å². The van der Waals surface area contributed by atoms with E-state index >= 15 is 0 Å². The van der Waals surface area contributed by atoms with Crippen LogP contribution in [0.15, 0.2) is 194 Å². The first kappa shape index (κ1) is 19.2. The van der Waals surface area contributed by atoms with Crippen LogP contribution in [-0.4, -0.2) is 0 Å². The highest BCUT2D eigenvalue weighted by atomic mass is 32.1. The van der Waals surface area contributed by atoms with Gasteiger partial charge in [0.25, 0.3) is 0 Å². The first-order valence-electron chi connectivity index (χ1n) is 23.0. The van der Waals surface area contributed by atoms with E-state index in [9.17, 15) is 5.48 Å². The van der Waals surface area contributed by atoms with Gasteiger partial charge in [0.1, 0.15) is 0 Å². The third-order valence-electron chi connectivity index (χ3n) is 9.40. The van der Waals surface area contributed by atoms with E-state index in [2.05, 4.69) is 24.3 Å². The Kier molecular flexibility index (Phi) is 4.61. The maximum atomic E-state index is 9.69. The summed E-state index contributed by atoms with van der Waals surface area (Å²) in [6.07, 6.45) is 0. The third-order valence-corrected chi connectivity index (χ3v) is 10.6. The average Bonchev–Trinajstić information content (AvgIpc) is 3.71. The molecule has 0 unspecified atom stereocenters. The molecule has 0 nitrogen and oxygen atoms in total. The maximum Gasteiger partial charge on any atom is 0.0629 e. The molecular weight excluding hydrogens is 633 g/mol. The number of hydrogen-bond donors (Lipinski definition) is 0. The lowest BCUT2D eigenvalue weighted by molar-refractivity contribution is 1.57. The largest absolute Gasteiger partial charge is 0.135 e. The first-order chi connectivity index (χ1) is 30.7. The van der Waals surface area contributed by atoms with E-state index in [1.54, 1.807) is 11.3 Å². The van der Waals surface area contributed by atoms with E-state index in [0.717, 1.165) is 31.3 Å². The fourth-order valence-electron chi connectivity index (χ4n) is 7.23. The van der Waals surface area contributed by atoms with Gasteiger partial charge in [-0.25, -0.2) is 0 Å². The van der Waals surface area contributed by atoms with Crippen molar-refractivity contribution in [2.24, 2.45) is 0 Å². The Morgan fingerprint density at radius 3 is 1.45 bits per heavy atom. The second-order valence-electron chi connectivity index (χ2n) is 12.2. The van der Waals surface area contributed by atoms with E-state index in [1.807, 2.05) is 91.0 Å². The fourth-order valence-corrected chi connectivity index (χ4v) is 8.47. The van der Waals surface area contributed by atoms with Crippen LogP contribution in [0.2, 0.25) is 0 Å². The molecule has 10 rings (SSSR count). The highest BCUT2D eigenvalue weighted by Crippen LogP contribution is 2.51. The van der Waals surface area contributed by atoms with Gasteiger partial charge in [0.2, 0.25) is 0 Å². The summed E-state index contributed by atoms with van der Waals surface area (Å²) < 4.78 is 121. The van der Waals surface area contributed by atoms with Gasteiger partial charge in [-0.05, 0) is 95.4 Å². The Morgan fingerprint density at radius 2 is 0.843 bits per heavy atom. The normalized spacial score (nSPS) is 15.1. The lowest BCUT2D eigenvalue weighted by atomic mass is 9.79. The Labute approximate surface area is 319 Å². The van der Waals surface area contributed by atoms with E-state index in [-0.39, 0.29) is 32.7 Å². The van der Waals surface area contributed by atoms with E-state index in [4.69, 9.17) is 12.3 Å². The summed E-state index contributed by atoms with van der Waals surface area (Å²) in [6.45, 7) is 0. The molecule has 0 aliphatic carbocycles. The monoisotopic (exact) mass is 677 g/mol. The van der Waals surface area contributed by atoms with Crippen LogP contribution in [0.25, 0.3) is 97.4 Å². The smallest absolute Gasteiger partial charge is 0.0629 e. The topological polar surface area (TPSA) is 0 Å². The van der Waals surface area contributed by atoms with Crippen molar-refractivity contribution >= 4 is 53.1 Å². The van der Waals surface area contributed by atoms with Crippen molar-refractivity contribution in [1.29, 1.82) is 0 Å². The first-order valence-corrected chi connectivity index (χ1v) is 17.3. The highest BCUT2D eigenvalue weighted by molar-refractivity contribution is 7.26. The molecule has 0 fully saturated rings. The van der Waals surface area contributed by atoms with Crippen LogP contribution in [-0.2, 0) is 0 Å². The SMILES string of the molecule is [2H]c1c([2H])c([2H])c(-c2c3c([2H])c([2H])c([2H])c([2H])c3c(-c3c(-c4ccccc4)cc(-c4cccc5c4sc4ccccc45)cc3-c3ccccc3)c3c([2H])c([2H])c([2H])c([2H])c23)c([2H])c1[2H]. The summed E-state index contributed by atoms with van der Waals surface area (Å²) in [5, 5.41) is 1.41. The van der Waals surface area contributed by atoms with Gasteiger partial charge in [0.05, 0.1) is 17.8 Å². The third kappa shape index (κ3) is 4.89. The van der Waals surface area contributed by atoms with Crippen molar-refractivity contribution < 1.29 is 17.8 Å². The number of thiophene rings is 1. The van der Waals surface area contributed by atoms with Crippen LogP contribution >= 0.6 is 11.3 Å². The minimum atomic E-state index is -0.718. The molecule has 0 atom stereocenters. The molecule has 238 valence electrons. The van der Waals surface area contributed by atoms with Gasteiger partial charge in [-0.3, -0.25) is 0 Å². The van der Waals surface area contributed by atoms with Crippen molar-refractivity contribution in [1.82, 2.24) is 0 Å². The van der Waals surface area contributed by atoms with Crippen LogP contribution in [0.5, 0.6) is 0 Å². The number of hydrogen-bond acceptors (Lipinski definition) is 1. The zero-order chi connectivity index (χ0) is 45.0. The second-order valence-corrected chi connectivity index (χ2v) is 13.3. The number of benzene rings is 9. The zero-order valence-corrected chi connectivity index (χ0v) is 27.7. The highest BCUT2D eigenvalue weighted by Gasteiger charge is 2.24. The van der Waals surface area contributed by atoms with E-state index in [0.29, 0.717) is 27.8 Å². The van der Waals surface area contributed by atoms with Crippen LogP contribution < -0.4 is 0 Å². The van der Waals surface area contributed by atoms with Gasteiger partial charge in [-0.15, -0.1) is 11.3 Å². The predicted molar refractivity (Wildman–Crippen MR) is 222 cm³/mol. The minimum absolute atomic E-state index is 0.0736. The summed E-state index contributed by atoms with van der Waals surface area (Å²) in [5.41, 5.74) is 4.06. The molecule has 51 heavy (non-hydrogen) atoms. The molecule has 0 spiro atoms. The summed E-state index contributed by atoms with van der Waals surface area (Å²) in [7, 11) is 0. The fraction of sp³-hybridized carbons (Fsp3) is 0. The molecule has 0 aliphatic heterocycles. The molecule has 0 saturated carbocycles. The molecule has 0 saturated heterocycles. The molecule has 0 amide bonds. The molecule has 1 aromatic heterocycles. The second kappa shape index (κ2) is 12.2. The summed E-state index contributed by atoms with van der Waals surface area (Å²) >= 11 is 1.67. The lowest BCUT2D eigenvalue weighted by Crippen LogP contribution is -1.96. The molecule has 1 heteroatoms. The summed E-state index contributed by atoms with van der Waals surface area (Å²) in [6, 6.07) is 28.9. The maximum absolute atomic E-state index is 9.69. The molecule has 1 heterocycles. The van der Waals surface area contributed by atoms with Gasteiger partial charge in [0, 0.05) is 20.2 Å². The Hall–Kier alpha value is -6.28. The minimum Gasteiger partial charge on any atom is -0.135 e. The van der Waals surface area contributed by atoms with Crippen molar-refractivity contribution in [2.45, 2.75) is 0 Å². The molecule has 0 aliphatic rings. The van der Waals surface area contributed by atoms with Gasteiger partial charge in [-0.1, -0.05) is 176 Å². The van der Waals surface area contributed by atoms with Crippen molar-refractivity contribution in [2.75, 3.05) is 0 Å². The quantitative estimate of drug-likeness (QED) is 0.159. The van der Waals surface area contributed by atoms with Crippen LogP contribution in [0.1, 0.15) is 17.8 Å². The Balaban J connectivity index is 1.51. The molecule has 0 N–H and O–H groups in total. The number of rotatable bonds is 5. The van der Waals surface area contributed by atoms with E-state index < -0.39 is 84.1 Å². The van der Waals surface area contributed by atoms with Gasteiger partial charge in [0.15, 0.2) is 0 Å². The molecular formula is C50H32S. The molecule has 10 aromatic rings. The van der Waals surface area contributed by atoms with E-state index in [1.165, 1.54) is 0 Å². The lowest BCUT2D eigenvalue weighted by Gasteiger charge is -2.23. The molecule has 0 radical (unpaired) electrons. The zero-order valence-electron chi connectivity index (χ0n) is 39.9. The molecule has 0 bridgehead atoms. The van der Waals surface area contributed by atoms with Crippen LogP contribution in [0.4, 0.5) is 0 Å². The standard InChI is InChI=1S/C50H32S/c1-4-17-33(18-5-1)44-31-36(37-28-16-29-43-38-23-14-15-30-46(38)51-50(37)43)32-45(34-19-6-2-7-20-34)49(44)48-41-26-12-10-24-39(41)47(35-21-8-3-9-22-35)40-25-11-13-27-42(40)48/h1-32H/i3D,8D,9D,10D,11D,12D,13D,21D,22D,24D,25D,26D,27D. The van der Waals surface area contributed by atoms with Crippen LogP contribution in [0.3, 0.4) is 0 Å². The Bertz CT molecular complexity index is 3470. The van der Waals surface area contributed by atoms with Crippen molar-refractivity contribution in [3.8, 4) is 55.6 Å². The summed E-state index contributed by atoms with van der Waals surface area (Å²) in [5.74, 6) is 0. The predicted octanol–water partition coefficient (Wildman–Crippen LogP) is 14.7. The van der Waals surface area contributed by atoms with Crippen LogP contribution in [0, 0.1) is 0 Å². The number of fused-ring (bicyclic) bond motifs is 5. The van der Waals surface area contributed by atoms with Gasteiger partial charge < -0.3 is 0 Å². The van der Waals surface area contributed by atoms with Crippen molar-refractivity contribution in [3.05, 3.63) is 194 Å².